The number of hydrogen-bond donors (Lipinski definition) is 1. The molecule has 0 saturated carbocycles. The van der Waals surface area contributed by atoms with Crippen LogP contribution in [0.25, 0.3) is 0 Å². The fraction of sp³-hybridized carbons (Fsp3) is 0.625. The molecule has 1 aliphatic rings. The maximum atomic E-state index is 12.7. The number of rotatable bonds is 4. The van der Waals surface area contributed by atoms with Crippen LogP contribution in [0, 0.1) is 5.92 Å². The van der Waals surface area contributed by atoms with Crippen LogP contribution in [0.3, 0.4) is 0 Å². The van der Waals surface area contributed by atoms with Crippen molar-refractivity contribution in [1.82, 2.24) is 4.90 Å². The van der Waals surface area contributed by atoms with E-state index in [-0.39, 0.29) is 11.6 Å². The van der Waals surface area contributed by atoms with Gasteiger partial charge in [-0.15, -0.1) is 0 Å². The number of halogens is 2. The highest BCUT2D eigenvalue weighted by atomic mass is 19.3. The van der Waals surface area contributed by atoms with Gasteiger partial charge in [0.05, 0.1) is 0 Å². The zero-order valence-electron chi connectivity index (χ0n) is 12.2. The van der Waals surface area contributed by atoms with Gasteiger partial charge in [0.25, 0.3) is 6.43 Å². The molecule has 2 nitrogen and oxygen atoms in total. The second-order valence-electron chi connectivity index (χ2n) is 5.88. The Morgan fingerprint density at radius 2 is 1.90 bits per heavy atom. The number of nitrogens with zero attached hydrogens (tertiary/aromatic N) is 1. The molecule has 1 aromatic rings. The third-order valence-corrected chi connectivity index (χ3v) is 4.29. The van der Waals surface area contributed by atoms with Gasteiger partial charge in [-0.05, 0) is 51.3 Å². The van der Waals surface area contributed by atoms with E-state index in [2.05, 4.69) is 18.7 Å². The maximum absolute atomic E-state index is 12.7. The van der Waals surface area contributed by atoms with Crippen molar-refractivity contribution in [3.63, 3.8) is 0 Å². The number of benzene rings is 1. The standard InChI is InChI=1S/C16H24F2N2/c1-11(2)20-9-3-4-14(10-19)15(20)12-5-7-13(8-6-12)16(17)18/h5-8,11,14-16H,3-4,9-10,19H2,1-2H3. The summed E-state index contributed by atoms with van der Waals surface area (Å²) in [5.74, 6) is 0.406. The van der Waals surface area contributed by atoms with E-state index >= 15 is 0 Å². The van der Waals surface area contributed by atoms with E-state index in [1.807, 2.05) is 12.1 Å². The molecule has 1 aliphatic heterocycles. The van der Waals surface area contributed by atoms with Crippen LogP contribution in [-0.2, 0) is 0 Å². The summed E-state index contributed by atoms with van der Waals surface area (Å²) in [6, 6.07) is 7.46. The molecule has 0 radical (unpaired) electrons. The van der Waals surface area contributed by atoms with Crippen LogP contribution in [0.4, 0.5) is 8.78 Å². The molecule has 4 heteroatoms. The Hall–Kier alpha value is -1.00. The van der Waals surface area contributed by atoms with E-state index < -0.39 is 6.43 Å². The Kier molecular flexibility index (Phi) is 5.11. The molecule has 1 saturated heterocycles. The monoisotopic (exact) mass is 282 g/mol. The van der Waals surface area contributed by atoms with Gasteiger partial charge in [-0.2, -0.15) is 0 Å². The average molecular weight is 282 g/mol. The fourth-order valence-corrected chi connectivity index (χ4v) is 3.23. The summed E-state index contributed by atoms with van der Waals surface area (Å²) in [5.41, 5.74) is 7.12. The molecule has 1 aromatic carbocycles. The average Bonchev–Trinajstić information content (AvgIpc) is 2.46. The van der Waals surface area contributed by atoms with Crippen molar-refractivity contribution in [2.45, 2.75) is 45.2 Å². The zero-order valence-corrected chi connectivity index (χ0v) is 12.2. The quantitative estimate of drug-likeness (QED) is 0.911. The van der Waals surface area contributed by atoms with Crippen LogP contribution in [0.5, 0.6) is 0 Å². The molecule has 1 heterocycles. The second-order valence-corrected chi connectivity index (χ2v) is 5.88. The van der Waals surface area contributed by atoms with Crippen LogP contribution in [-0.4, -0.2) is 24.0 Å². The molecule has 2 N–H and O–H groups in total. The Morgan fingerprint density at radius 3 is 2.40 bits per heavy atom. The van der Waals surface area contributed by atoms with Crippen LogP contribution < -0.4 is 5.73 Å². The van der Waals surface area contributed by atoms with Gasteiger partial charge in [0.1, 0.15) is 0 Å². The number of hydrogen-bond acceptors (Lipinski definition) is 2. The smallest absolute Gasteiger partial charge is 0.263 e. The molecule has 2 unspecified atom stereocenters. The van der Waals surface area contributed by atoms with Gasteiger partial charge < -0.3 is 5.73 Å². The first kappa shape index (κ1) is 15.4. The lowest BCUT2D eigenvalue weighted by Crippen LogP contribution is -2.44. The van der Waals surface area contributed by atoms with Gasteiger partial charge in [0, 0.05) is 17.6 Å². The predicted octanol–water partition coefficient (Wildman–Crippen LogP) is 3.74. The van der Waals surface area contributed by atoms with Crippen LogP contribution in [0.15, 0.2) is 24.3 Å². The Morgan fingerprint density at radius 1 is 1.25 bits per heavy atom. The van der Waals surface area contributed by atoms with Gasteiger partial charge in [-0.25, -0.2) is 8.78 Å². The van der Waals surface area contributed by atoms with Gasteiger partial charge in [-0.3, -0.25) is 4.90 Å². The molecular formula is C16H24F2N2. The third kappa shape index (κ3) is 3.18. The second kappa shape index (κ2) is 6.64. The van der Waals surface area contributed by atoms with Gasteiger partial charge in [-0.1, -0.05) is 24.3 Å². The number of piperidine rings is 1. The van der Waals surface area contributed by atoms with E-state index in [1.54, 1.807) is 12.1 Å². The van der Waals surface area contributed by atoms with Gasteiger partial charge in [0.15, 0.2) is 0 Å². The lowest BCUT2D eigenvalue weighted by Gasteiger charge is -2.43. The van der Waals surface area contributed by atoms with Crippen molar-refractivity contribution >= 4 is 0 Å². The van der Waals surface area contributed by atoms with Crippen molar-refractivity contribution in [2.24, 2.45) is 11.7 Å². The molecule has 0 amide bonds. The number of likely N-dealkylation sites (tertiary alicyclic amines) is 1. The normalized spacial score (nSPS) is 24.6. The Balaban J connectivity index is 2.28. The van der Waals surface area contributed by atoms with E-state index in [4.69, 9.17) is 5.73 Å². The molecule has 0 aliphatic carbocycles. The fourth-order valence-electron chi connectivity index (χ4n) is 3.23. The Bertz CT molecular complexity index is 417. The summed E-state index contributed by atoms with van der Waals surface area (Å²) >= 11 is 0. The van der Waals surface area contributed by atoms with Crippen molar-refractivity contribution in [3.8, 4) is 0 Å². The maximum Gasteiger partial charge on any atom is 0.263 e. The highest BCUT2D eigenvalue weighted by Crippen LogP contribution is 2.37. The molecule has 2 atom stereocenters. The summed E-state index contributed by atoms with van der Waals surface area (Å²) in [7, 11) is 0. The molecule has 112 valence electrons. The van der Waals surface area contributed by atoms with Gasteiger partial charge in [0.2, 0.25) is 0 Å². The summed E-state index contributed by atoms with van der Waals surface area (Å²) in [5, 5.41) is 0. The lowest BCUT2D eigenvalue weighted by molar-refractivity contribution is 0.0664. The molecule has 0 bridgehead atoms. The van der Waals surface area contributed by atoms with Crippen LogP contribution in [0.1, 0.15) is 50.3 Å². The molecule has 20 heavy (non-hydrogen) atoms. The van der Waals surface area contributed by atoms with Crippen LogP contribution in [0.2, 0.25) is 0 Å². The van der Waals surface area contributed by atoms with E-state index in [0.29, 0.717) is 18.5 Å². The van der Waals surface area contributed by atoms with Crippen molar-refractivity contribution in [1.29, 1.82) is 0 Å². The minimum absolute atomic E-state index is 0.0879. The van der Waals surface area contributed by atoms with E-state index in [9.17, 15) is 8.78 Å². The first-order valence-corrected chi connectivity index (χ1v) is 7.38. The van der Waals surface area contributed by atoms with E-state index in [0.717, 1.165) is 24.9 Å². The minimum Gasteiger partial charge on any atom is -0.330 e. The third-order valence-electron chi connectivity index (χ3n) is 4.29. The predicted molar refractivity (Wildman–Crippen MR) is 77.8 cm³/mol. The van der Waals surface area contributed by atoms with E-state index in [1.165, 1.54) is 0 Å². The van der Waals surface area contributed by atoms with Crippen LogP contribution >= 0.6 is 0 Å². The van der Waals surface area contributed by atoms with Crippen molar-refractivity contribution in [3.05, 3.63) is 35.4 Å². The SMILES string of the molecule is CC(C)N1CCCC(CN)C1c1ccc(C(F)F)cc1. The summed E-state index contributed by atoms with van der Waals surface area (Å²) in [6.45, 7) is 6.05. The summed E-state index contributed by atoms with van der Waals surface area (Å²) in [6.07, 6.45) is -0.131. The Labute approximate surface area is 120 Å². The number of nitrogens with two attached hydrogens (primary N) is 1. The molecular weight excluding hydrogens is 258 g/mol. The minimum atomic E-state index is -2.40. The first-order chi connectivity index (χ1) is 9.54. The molecule has 2 rings (SSSR count). The van der Waals surface area contributed by atoms with Gasteiger partial charge >= 0.3 is 0 Å². The molecule has 1 fully saturated rings. The summed E-state index contributed by atoms with van der Waals surface area (Å²) in [4.78, 5) is 2.44. The lowest BCUT2D eigenvalue weighted by atomic mass is 9.83. The summed E-state index contributed by atoms with van der Waals surface area (Å²) < 4.78 is 25.3. The zero-order chi connectivity index (χ0) is 14.7. The first-order valence-electron chi connectivity index (χ1n) is 7.38. The van der Waals surface area contributed by atoms with Crippen molar-refractivity contribution in [2.75, 3.05) is 13.1 Å². The molecule has 0 spiro atoms. The highest BCUT2D eigenvalue weighted by Gasteiger charge is 2.33. The number of alkyl halides is 2. The molecule has 0 aromatic heterocycles. The highest BCUT2D eigenvalue weighted by molar-refractivity contribution is 5.27. The van der Waals surface area contributed by atoms with Crippen molar-refractivity contribution < 1.29 is 8.78 Å². The topological polar surface area (TPSA) is 29.3 Å². The largest absolute Gasteiger partial charge is 0.330 e.